The van der Waals surface area contributed by atoms with Crippen molar-refractivity contribution in [2.45, 2.75) is 147 Å². The maximum absolute atomic E-state index is 11.1. The first-order chi connectivity index (χ1) is 18.8. The zero-order valence-electron chi connectivity index (χ0n) is 26.0. The molecule has 228 valence electrons. The Kier molecular flexibility index (Phi) is 10.2. The van der Waals surface area contributed by atoms with Crippen LogP contribution in [0.5, 0.6) is 0 Å². The van der Waals surface area contributed by atoms with Crippen LogP contribution in [-0.2, 0) is 39.5 Å². The standard InChI is InChI=1S/C31H52O8Si/c1-18(2)40(19(3)4,20(5)6)39-30-28-27(37-31(9,10)38-28)25(22(8)35-30)36-29-26(24(32)21(7)16-34-29)33-17-23-14-12-11-13-15-23/h11-15,18-22,24-30,32H,16-17H2,1-10H3/t21-,22?,24?,25+,26-,27?,28+,29+,30+/m1/s1. The summed E-state index contributed by atoms with van der Waals surface area (Å²) in [6, 6.07) is 9.90. The van der Waals surface area contributed by atoms with E-state index in [1.807, 2.05) is 58.0 Å². The Bertz CT molecular complexity index is 919. The van der Waals surface area contributed by atoms with Crippen LogP contribution in [0.25, 0.3) is 0 Å². The molecule has 0 spiro atoms. The third kappa shape index (κ3) is 6.53. The predicted octanol–water partition coefficient (Wildman–Crippen LogP) is 5.77. The lowest BCUT2D eigenvalue weighted by molar-refractivity contribution is -0.326. The van der Waals surface area contributed by atoms with Crippen molar-refractivity contribution in [2.75, 3.05) is 6.61 Å². The molecule has 3 unspecified atom stereocenters. The maximum Gasteiger partial charge on any atom is 0.203 e. The molecule has 9 atom stereocenters. The number of aliphatic hydroxyl groups is 1. The molecule has 0 amide bonds. The second-order valence-electron chi connectivity index (χ2n) is 13.2. The summed E-state index contributed by atoms with van der Waals surface area (Å²) in [6.45, 7) is 22.1. The number of fused-ring (bicyclic) bond motifs is 1. The van der Waals surface area contributed by atoms with Crippen LogP contribution in [0.2, 0.25) is 16.6 Å². The van der Waals surface area contributed by atoms with E-state index in [0.29, 0.717) is 29.8 Å². The Morgan fingerprint density at radius 3 is 2.10 bits per heavy atom. The molecule has 8 nitrogen and oxygen atoms in total. The van der Waals surface area contributed by atoms with Gasteiger partial charge in [-0.05, 0) is 43.0 Å². The summed E-state index contributed by atoms with van der Waals surface area (Å²) in [7, 11) is -2.27. The second-order valence-corrected chi connectivity index (χ2v) is 18.6. The number of hydrogen-bond donors (Lipinski definition) is 1. The van der Waals surface area contributed by atoms with Gasteiger partial charge < -0.3 is 38.0 Å². The lowest BCUT2D eigenvalue weighted by Crippen LogP contribution is -2.63. The number of benzene rings is 1. The average Bonchev–Trinajstić information content (AvgIpc) is 3.21. The van der Waals surface area contributed by atoms with Crippen LogP contribution in [0.3, 0.4) is 0 Å². The summed E-state index contributed by atoms with van der Waals surface area (Å²) in [6.07, 6.45) is -4.52. The minimum absolute atomic E-state index is 0.0858. The molecule has 0 aliphatic carbocycles. The molecule has 4 rings (SSSR count). The summed E-state index contributed by atoms with van der Waals surface area (Å²) in [5.41, 5.74) is 2.21. The first-order valence-corrected chi connectivity index (χ1v) is 17.2. The van der Waals surface area contributed by atoms with Gasteiger partial charge in [0.2, 0.25) is 8.32 Å². The van der Waals surface area contributed by atoms with Crippen molar-refractivity contribution in [3.05, 3.63) is 35.9 Å². The average molecular weight is 581 g/mol. The summed E-state index contributed by atoms with van der Waals surface area (Å²) in [5.74, 6) is -0.911. The molecule has 3 aliphatic rings. The van der Waals surface area contributed by atoms with E-state index in [4.69, 9.17) is 32.8 Å². The Balaban J connectivity index is 1.55. The topological polar surface area (TPSA) is 84.8 Å². The molecule has 0 saturated carbocycles. The van der Waals surface area contributed by atoms with Gasteiger partial charge in [0.25, 0.3) is 0 Å². The molecule has 3 saturated heterocycles. The maximum atomic E-state index is 11.1. The van der Waals surface area contributed by atoms with Gasteiger partial charge in [-0.3, -0.25) is 0 Å². The Morgan fingerprint density at radius 2 is 1.50 bits per heavy atom. The van der Waals surface area contributed by atoms with E-state index in [-0.39, 0.29) is 12.0 Å². The number of rotatable bonds is 10. The van der Waals surface area contributed by atoms with Crippen LogP contribution in [0, 0.1) is 5.92 Å². The summed E-state index contributed by atoms with van der Waals surface area (Å²) in [4.78, 5) is 0. The fourth-order valence-corrected chi connectivity index (χ4v) is 12.4. The molecule has 9 heteroatoms. The predicted molar refractivity (Wildman–Crippen MR) is 155 cm³/mol. The van der Waals surface area contributed by atoms with Crippen LogP contribution in [0.15, 0.2) is 30.3 Å². The van der Waals surface area contributed by atoms with Crippen molar-refractivity contribution in [3.8, 4) is 0 Å². The molecule has 0 bridgehead atoms. The van der Waals surface area contributed by atoms with Crippen LogP contribution >= 0.6 is 0 Å². The minimum Gasteiger partial charge on any atom is -0.390 e. The Labute approximate surface area is 242 Å². The highest BCUT2D eigenvalue weighted by Gasteiger charge is 2.59. The fraction of sp³-hybridized carbons (Fsp3) is 0.806. The van der Waals surface area contributed by atoms with E-state index in [2.05, 4.69) is 41.5 Å². The zero-order valence-corrected chi connectivity index (χ0v) is 27.0. The van der Waals surface area contributed by atoms with Gasteiger partial charge in [-0.1, -0.05) is 78.8 Å². The molecule has 40 heavy (non-hydrogen) atoms. The lowest BCUT2D eigenvalue weighted by Gasteiger charge is -2.49. The summed E-state index contributed by atoms with van der Waals surface area (Å²) < 4.78 is 45.5. The highest BCUT2D eigenvalue weighted by atomic mass is 28.4. The Hall–Kier alpha value is -0.883. The van der Waals surface area contributed by atoms with Crippen molar-refractivity contribution in [3.63, 3.8) is 0 Å². The molecule has 1 N–H and O–H groups in total. The third-order valence-electron chi connectivity index (χ3n) is 8.88. The SMILES string of the molecule is CC1O[C@@H](O[Si](C(C)C)(C(C)C)C(C)C)[C@H]2OC(C)(C)OC2[C@H]1O[C@@H]1OC[C@@H](C)C(O)[C@H]1OCc1ccccc1. The van der Waals surface area contributed by atoms with E-state index in [9.17, 15) is 5.11 Å². The molecule has 3 heterocycles. The van der Waals surface area contributed by atoms with Crippen molar-refractivity contribution in [1.82, 2.24) is 0 Å². The van der Waals surface area contributed by atoms with E-state index >= 15 is 0 Å². The molecule has 1 aromatic carbocycles. The van der Waals surface area contributed by atoms with Gasteiger partial charge in [-0.15, -0.1) is 0 Å². The molecule has 0 aromatic heterocycles. The van der Waals surface area contributed by atoms with Crippen molar-refractivity contribution in [1.29, 1.82) is 0 Å². The number of aliphatic hydroxyl groups excluding tert-OH is 1. The van der Waals surface area contributed by atoms with E-state index in [1.54, 1.807) is 0 Å². The van der Waals surface area contributed by atoms with Crippen LogP contribution in [-0.4, -0.2) is 75.0 Å². The van der Waals surface area contributed by atoms with Crippen molar-refractivity contribution >= 4 is 8.32 Å². The van der Waals surface area contributed by atoms with E-state index in [1.165, 1.54) is 0 Å². The molecule has 3 fully saturated rings. The summed E-state index contributed by atoms with van der Waals surface area (Å²) >= 11 is 0. The Morgan fingerprint density at radius 1 is 0.900 bits per heavy atom. The fourth-order valence-electron chi connectivity index (χ4n) is 6.95. The van der Waals surface area contributed by atoms with Gasteiger partial charge in [0.05, 0.1) is 25.4 Å². The van der Waals surface area contributed by atoms with Gasteiger partial charge in [0.1, 0.15) is 24.4 Å². The molecular weight excluding hydrogens is 528 g/mol. The lowest BCUT2D eigenvalue weighted by atomic mass is 9.96. The van der Waals surface area contributed by atoms with Gasteiger partial charge >= 0.3 is 0 Å². The highest BCUT2D eigenvalue weighted by molar-refractivity contribution is 6.77. The molecule has 1 aromatic rings. The first-order valence-electron chi connectivity index (χ1n) is 15.1. The van der Waals surface area contributed by atoms with Crippen molar-refractivity contribution in [2.24, 2.45) is 5.92 Å². The normalized spacial score (nSPS) is 36.4. The molecular formula is C31H52O8Si. The number of ether oxygens (including phenoxy) is 6. The quantitative estimate of drug-likeness (QED) is 0.350. The van der Waals surface area contributed by atoms with Crippen LogP contribution in [0.4, 0.5) is 0 Å². The highest BCUT2D eigenvalue weighted by Crippen LogP contribution is 2.47. The van der Waals surface area contributed by atoms with Crippen LogP contribution in [0.1, 0.15) is 74.8 Å². The van der Waals surface area contributed by atoms with Crippen molar-refractivity contribution < 1.29 is 38.0 Å². The number of hydrogen-bond acceptors (Lipinski definition) is 8. The minimum atomic E-state index is -2.27. The van der Waals surface area contributed by atoms with Crippen LogP contribution < -0.4 is 0 Å². The van der Waals surface area contributed by atoms with E-state index < -0.39 is 57.2 Å². The third-order valence-corrected chi connectivity index (χ3v) is 14.9. The monoisotopic (exact) mass is 580 g/mol. The van der Waals surface area contributed by atoms with E-state index in [0.717, 1.165) is 5.56 Å². The van der Waals surface area contributed by atoms with Gasteiger partial charge in [-0.2, -0.15) is 0 Å². The van der Waals surface area contributed by atoms with Gasteiger partial charge in [0, 0.05) is 5.92 Å². The summed E-state index contributed by atoms with van der Waals surface area (Å²) in [5, 5.41) is 11.1. The second kappa shape index (κ2) is 12.8. The largest absolute Gasteiger partial charge is 0.390 e. The first kappa shape index (κ1) is 32.0. The van der Waals surface area contributed by atoms with Gasteiger partial charge in [0.15, 0.2) is 18.4 Å². The molecule has 3 aliphatic heterocycles. The molecule has 0 radical (unpaired) electrons. The smallest absolute Gasteiger partial charge is 0.203 e. The van der Waals surface area contributed by atoms with Gasteiger partial charge in [-0.25, -0.2) is 0 Å². The zero-order chi connectivity index (χ0) is 29.4.